The molecule has 0 radical (unpaired) electrons. The fourth-order valence-corrected chi connectivity index (χ4v) is 1.71. The highest BCUT2D eigenvalue weighted by atomic mass is 16.2. The number of hydrogen-bond donors (Lipinski definition) is 2. The van der Waals surface area contributed by atoms with Gasteiger partial charge in [0.25, 0.3) is 0 Å². The smallest absolute Gasteiger partial charge is 0.248 e. The zero-order valence-corrected chi connectivity index (χ0v) is 11.8. The van der Waals surface area contributed by atoms with Crippen LogP contribution in [0.3, 0.4) is 0 Å². The summed E-state index contributed by atoms with van der Waals surface area (Å²) in [4.78, 5) is 23.8. The molecule has 0 fully saturated rings. The number of carbonyl (C=O) groups excluding carboxylic acids is 2. The van der Waals surface area contributed by atoms with E-state index < -0.39 is 5.91 Å². The average molecular weight is 288 g/mol. The Kier molecular flexibility index (Phi) is 4.27. The van der Waals surface area contributed by atoms with Crippen molar-refractivity contribution >= 4 is 11.8 Å². The molecule has 1 heterocycles. The van der Waals surface area contributed by atoms with Gasteiger partial charge in [-0.15, -0.1) is 10.2 Å². The van der Waals surface area contributed by atoms with Crippen molar-refractivity contribution in [2.24, 2.45) is 5.73 Å². The van der Waals surface area contributed by atoms with E-state index in [-0.39, 0.29) is 18.5 Å². The van der Waals surface area contributed by atoms with E-state index in [4.69, 9.17) is 5.73 Å². The van der Waals surface area contributed by atoms with E-state index in [0.29, 0.717) is 17.0 Å². The molecular formula is C13H16N6O2. The monoisotopic (exact) mass is 288 g/mol. The number of nitrogens with zero attached hydrogens (tertiary/aromatic N) is 4. The third kappa shape index (κ3) is 3.85. The summed E-state index contributed by atoms with van der Waals surface area (Å²) < 4.78 is 0. The Bertz CT molecular complexity index is 647. The van der Waals surface area contributed by atoms with Crippen molar-refractivity contribution in [1.82, 2.24) is 25.5 Å². The molecule has 0 aliphatic rings. The highest BCUT2D eigenvalue weighted by molar-refractivity contribution is 5.93. The Labute approximate surface area is 121 Å². The molecule has 0 saturated carbocycles. The molecule has 1 aromatic heterocycles. The standard InChI is InChI=1S/C13H16N6O2/c1-8(2)15-11(20)7-19-17-13(16-18-19)10-5-3-9(4-6-10)12(14)21/h3-6,8H,7H2,1-2H3,(H2,14,21)(H,15,20). The van der Waals surface area contributed by atoms with Gasteiger partial charge in [0.2, 0.25) is 17.6 Å². The number of carbonyl (C=O) groups is 2. The molecule has 8 nitrogen and oxygen atoms in total. The van der Waals surface area contributed by atoms with Gasteiger partial charge in [0.15, 0.2) is 0 Å². The van der Waals surface area contributed by atoms with Crippen LogP contribution < -0.4 is 11.1 Å². The number of tetrazole rings is 1. The van der Waals surface area contributed by atoms with Crippen molar-refractivity contribution in [1.29, 1.82) is 0 Å². The predicted molar refractivity (Wildman–Crippen MR) is 75.0 cm³/mol. The van der Waals surface area contributed by atoms with Gasteiger partial charge in [0, 0.05) is 17.2 Å². The second-order valence-electron chi connectivity index (χ2n) is 4.81. The number of primary amides is 1. The second-order valence-corrected chi connectivity index (χ2v) is 4.81. The summed E-state index contributed by atoms with van der Waals surface area (Å²) in [7, 11) is 0. The van der Waals surface area contributed by atoms with Gasteiger partial charge in [0.1, 0.15) is 6.54 Å². The van der Waals surface area contributed by atoms with Crippen LogP contribution in [0.15, 0.2) is 24.3 Å². The van der Waals surface area contributed by atoms with E-state index in [1.54, 1.807) is 24.3 Å². The Morgan fingerprint density at radius 1 is 1.29 bits per heavy atom. The molecule has 0 bridgehead atoms. The first kappa shape index (κ1) is 14.6. The van der Waals surface area contributed by atoms with E-state index in [2.05, 4.69) is 20.7 Å². The van der Waals surface area contributed by atoms with Crippen LogP contribution in [0.25, 0.3) is 11.4 Å². The van der Waals surface area contributed by atoms with E-state index in [1.165, 1.54) is 4.80 Å². The largest absolute Gasteiger partial charge is 0.366 e. The Balaban J connectivity index is 2.09. The first-order chi connectivity index (χ1) is 9.95. The van der Waals surface area contributed by atoms with Crippen molar-refractivity contribution in [2.75, 3.05) is 0 Å². The third-order valence-corrected chi connectivity index (χ3v) is 2.62. The van der Waals surface area contributed by atoms with Crippen molar-refractivity contribution in [3.8, 4) is 11.4 Å². The number of amides is 2. The van der Waals surface area contributed by atoms with Gasteiger partial charge < -0.3 is 11.1 Å². The highest BCUT2D eigenvalue weighted by Crippen LogP contribution is 2.14. The minimum absolute atomic E-state index is 0.00451. The maximum absolute atomic E-state index is 11.6. The molecule has 0 unspecified atom stereocenters. The lowest BCUT2D eigenvalue weighted by Crippen LogP contribution is -2.33. The van der Waals surface area contributed by atoms with E-state index >= 15 is 0 Å². The number of rotatable bonds is 5. The number of benzene rings is 1. The maximum Gasteiger partial charge on any atom is 0.248 e. The third-order valence-electron chi connectivity index (χ3n) is 2.62. The molecule has 21 heavy (non-hydrogen) atoms. The molecule has 0 aliphatic carbocycles. The average Bonchev–Trinajstić information content (AvgIpc) is 2.86. The SMILES string of the molecule is CC(C)NC(=O)Cn1nnc(-c2ccc(C(N)=O)cc2)n1. The van der Waals surface area contributed by atoms with Gasteiger partial charge in [-0.1, -0.05) is 12.1 Å². The quantitative estimate of drug-likeness (QED) is 0.801. The Morgan fingerprint density at radius 2 is 1.95 bits per heavy atom. The van der Waals surface area contributed by atoms with Crippen LogP contribution >= 0.6 is 0 Å². The van der Waals surface area contributed by atoms with Crippen LogP contribution in [-0.4, -0.2) is 38.1 Å². The molecule has 3 N–H and O–H groups in total. The Hall–Kier alpha value is -2.77. The molecule has 0 spiro atoms. The summed E-state index contributed by atoms with van der Waals surface area (Å²) in [5.74, 6) is -0.301. The number of nitrogens with two attached hydrogens (primary N) is 1. The van der Waals surface area contributed by atoms with Crippen molar-refractivity contribution in [3.05, 3.63) is 29.8 Å². The molecule has 2 rings (SSSR count). The van der Waals surface area contributed by atoms with Gasteiger partial charge in [-0.2, -0.15) is 4.80 Å². The van der Waals surface area contributed by atoms with Gasteiger partial charge in [0.05, 0.1) is 0 Å². The predicted octanol–water partition coefficient (Wildman–Crippen LogP) is -0.0364. The molecule has 0 saturated heterocycles. The lowest BCUT2D eigenvalue weighted by atomic mass is 10.1. The first-order valence-electron chi connectivity index (χ1n) is 6.43. The van der Waals surface area contributed by atoms with Crippen molar-refractivity contribution in [3.63, 3.8) is 0 Å². The van der Waals surface area contributed by atoms with Crippen molar-refractivity contribution in [2.45, 2.75) is 26.4 Å². The van der Waals surface area contributed by atoms with Crippen LogP contribution in [0.5, 0.6) is 0 Å². The lowest BCUT2D eigenvalue weighted by Gasteiger charge is -2.06. The summed E-state index contributed by atoms with van der Waals surface area (Å²) >= 11 is 0. The van der Waals surface area contributed by atoms with Crippen LogP contribution in [0, 0.1) is 0 Å². The zero-order chi connectivity index (χ0) is 15.4. The molecule has 2 amide bonds. The summed E-state index contributed by atoms with van der Waals surface area (Å²) in [6.45, 7) is 3.75. The maximum atomic E-state index is 11.6. The number of aromatic nitrogens is 4. The van der Waals surface area contributed by atoms with Crippen LogP contribution in [0.1, 0.15) is 24.2 Å². The summed E-state index contributed by atoms with van der Waals surface area (Å²) in [6.07, 6.45) is 0. The molecule has 0 atom stereocenters. The van der Waals surface area contributed by atoms with Crippen LogP contribution in [0.4, 0.5) is 0 Å². The molecule has 2 aromatic rings. The van der Waals surface area contributed by atoms with Gasteiger partial charge >= 0.3 is 0 Å². The molecular weight excluding hydrogens is 272 g/mol. The molecule has 8 heteroatoms. The molecule has 110 valence electrons. The van der Waals surface area contributed by atoms with Gasteiger partial charge in [-0.25, -0.2) is 0 Å². The topological polar surface area (TPSA) is 116 Å². The van der Waals surface area contributed by atoms with Crippen molar-refractivity contribution < 1.29 is 9.59 Å². The van der Waals surface area contributed by atoms with Gasteiger partial charge in [-0.3, -0.25) is 9.59 Å². The fraction of sp³-hybridized carbons (Fsp3) is 0.308. The van der Waals surface area contributed by atoms with Crippen LogP contribution in [0.2, 0.25) is 0 Å². The first-order valence-corrected chi connectivity index (χ1v) is 6.43. The van der Waals surface area contributed by atoms with Crippen LogP contribution in [-0.2, 0) is 11.3 Å². The van der Waals surface area contributed by atoms with Gasteiger partial charge in [-0.05, 0) is 31.2 Å². The molecule has 0 aliphatic heterocycles. The Morgan fingerprint density at radius 3 is 2.52 bits per heavy atom. The van der Waals surface area contributed by atoms with E-state index in [1.807, 2.05) is 13.8 Å². The lowest BCUT2D eigenvalue weighted by molar-refractivity contribution is -0.122. The highest BCUT2D eigenvalue weighted by Gasteiger charge is 2.10. The normalized spacial score (nSPS) is 10.6. The van der Waals surface area contributed by atoms with E-state index in [0.717, 1.165) is 0 Å². The summed E-state index contributed by atoms with van der Waals surface area (Å²) in [5, 5.41) is 14.6. The minimum Gasteiger partial charge on any atom is -0.366 e. The zero-order valence-electron chi connectivity index (χ0n) is 11.8. The molecule has 1 aromatic carbocycles. The number of nitrogens with one attached hydrogen (secondary N) is 1. The minimum atomic E-state index is -0.497. The summed E-state index contributed by atoms with van der Waals surface area (Å²) in [5.41, 5.74) is 6.27. The second kappa shape index (κ2) is 6.12. The summed E-state index contributed by atoms with van der Waals surface area (Å²) in [6, 6.07) is 6.58. The number of hydrogen-bond acceptors (Lipinski definition) is 5. The van der Waals surface area contributed by atoms with E-state index in [9.17, 15) is 9.59 Å². The fourth-order valence-electron chi connectivity index (χ4n) is 1.71.